The average Bonchev–Trinajstić information content (AvgIpc) is 2.96. The Morgan fingerprint density at radius 1 is 0.762 bits per heavy atom. The van der Waals surface area contributed by atoms with Crippen LogP contribution in [-0.4, -0.2) is 114 Å². The SMILES string of the molecule is CC1O[C@@H](OCC2O[C@@H](Oc3cc4oc(-c5ccc(O)cc5)cc(=O)c4c(O)c3O)C(O)[C@@H](O)[C@@H]2O)C(O)[C@@H](O)[C@H]1O. The Kier molecular flexibility index (Phi) is 8.30. The number of phenols is 3. The molecular formula is C27H30O15. The molecule has 15 nitrogen and oxygen atoms in total. The first-order chi connectivity index (χ1) is 19.9. The molecule has 1 aromatic heterocycles. The molecule has 0 saturated carbocycles. The fraction of sp³-hybridized carbons (Fsp3) is 0.444. The average molecular weight is 595 g/mol. The third-order valence-electron chi connectivity index (χ3n) is 7.23. The van der Waals surface area contributed by atoms with Gasteiger partial charge in [-0.3, -0.25) is 4.79 Å². The van der Waals surface area contributed by atoms with Gasteiger partial charge in [-0.05, 0) is 31.2 Å². The van der Waals surface area contributed by atoms with E-state index in [1.54, 1.807) is 0 Å². The van der Waals surface area contributed by atoms with Crippen molar-refractivity contribution in [2.24, 2.45) is 0 Å². The Bertz CT molecular complexity index is 1470. The summed E-state index contributed by atoms with van der Waals surface area (Å²) in [5.41, 5.74) is -0.515. The highest BCUT2D eigenvalue weighted by Crippen LogP contribution is 2.42. The maximum Gasteiger partial charge on any atom is 0.229 e. The lowest BCUT2D eigenvalue weighted by Gasteiger charge is -2.42. The van der Waals surface area contributed by atoms with Gasteiger partial charge in [-0.15, -0.1) is 0 Å². The van der Waals surface area contributed by atoms with Gasteiger partial charge in [0.15, 0.2) is 23.2 Å². The van der Waals surface area contributed by atoms with E-state index in [0.29, 0.717) is 5.56 Å². The van der Waals surface area contributed by atoms with Gasteiger partial charge in [0, 0.05) is 17.7 Å². The number of aliphatic hydroxyl groups excluding tert-OH is 6. The Morgan fingerprint density at radius 3 is 2.10 bits per heavy atom. The van der Waals surface area contributed by atoms with E-state index in [-0.39, 0.29) is 22.5 Å². The maximum absolute atomic E-state index is 12.8. The molecule has 3 aromatic rings. The van der Waals surface area contributed by atoms with Crippen LogP contribution in [0.2, 0.25) is 0 Å². The standard InChI is InChI=1S/C27H30O15/c1-9-18(30)22(34)24(36)26(39-9)38-8-16-20(32)23(35)25(37)27(42-16)41-15-7-14-17(21(33)19(15)31)12(29)6-13(40-14)10-2-4-11(28)5-3-10/h2-7,9,16,18,20,22-28,30-37H,8H2,1H3/t9?,16?,18-,20+,22-,23-,24?,25?,26+,27+/m0/s1. The van der Waals surface area contributed by atoms with Crippen molar-refractivity contribution in [3.8, 4) is 34.3 Å². The van der Waals surface area contributed by atoms with E-state index in [0.717, 1.165) is 12.1 Å². The van der Waals surface area contributed by atoms with Gasteiger partial charge in [-0.25, -0.2) is 0 Å². The van der Waals surface area contributed by atoms with Crippen LogP contribution in [0.4, 0.5) is 0 Å². The third kappa shape index (κ3) is 5.49. The number of benzene rings is 2. The summed E-state index contributed by atoms with van der Waals surface area (Å²) in [6.45, 7) is 0.884. The molecule has 2 aromatic carbocycles. The molecule has 0 aliphatic carbocycles. The molecule has 9 N–H and O–H groups in total. The minimum Gasteiger partial charge on any atom is -0.508 e. The van der Waals surface area contributed by atoms with Gasteiger partial charge in [0.05, 0.1) is 12.7 Å². The summed E-state index contributed by atoms with van der Waals surface area (Å²) in [5.74, 6) is -2.27. The van der Waals surface area contributed by atoms with Gasteiger partial charge >= 0.3 is 0 Å². The molecule has 0 radical (unpaired) electrons. The summed E-state index contributed by atoms with van der Waals surface area (Å²) in [4.78, 5) is 12.8. The molecule has 228 valence electrons. The summed E-state index contributed by atoms with van der Waals surface area (Å²) < 4.78 is 27.6. The number of ether oxygens (including phenoxy) is 4. The largest absolute Gasteiger partial charge is 0.508 e. The number of rotatable bonds is 6. The van der Waals surface area contributed by atoms with E-state index in [1.165, 1.54) is 31.2 Å². The van der Waals surface area contributed by atoms with E-state index in [2.05, 4.69) is 0 Å². The van der Waals surface area contributed by atoms with Crippen molar-refractivity contribution in [2.45, 2.75) is 68.3 Å². The molecule has 3 heterocycles. The smallest absolute Gasteiger partial charge is 0.229 e. The molecule has 5 rings (SSSR count). The van der Waals surface area contributed by atoms with E-state index in [1.807, 2.05) is 0 Å². The molecule has 0 amide bonds. The molecule has 2 aliphatic heterocycles. The van der Waals surface area contributed by atoms with Crippen molar-refractivity contribution in [2.75, 3.05) is 6.61 Å². The zero-order valence-electron chi connectivity index (χ0n) is 21.9. The number of phenolic OH excluding ortho intramolecular Hbond substituents is 3. The molecule has 2 aliphatic rings. The first-order valence-corrected chi connectivity index (χ1v) is 12.9. The monoisotopic (exact) mass is 594 g/mol. The molecule has 2 saturated heterocycles. The summed E-state index contributed by atoms with van der Waals surface area (Å²) in [5, 5.41) is 91.6. The Morgan fingerprint density at radius 2 is 1.40 bits per heavy atom. The number of aliphatic hydroxyl groups is 6. The van der Waals surface area contributed by atoms with Crippen LogP contribution in [-0.2, 0) is 14.2 Å². The number of hydrogen-bond acceptors (Lipinski definition) is 15. The van der Waals surface area contributed by atoms with Gasteiger partial charge in [-0.2, -0.15) is 0 Å². The maximum atomic E-state index is 12.8. The highest BCUT2D eigenvalue weighted by atomic mass is 16.7. The first kappa shape index (κ1) is 30.0. The van der Waals surface area contributed by atoms with Crippen LogP contribution in [0.1, 0.15) is 6.92 Å². The lowest BCUT2D eigenvalue weighted by Crippen LogP contribution is -2.61. The zero-order valence-corrected chi connectivity index (χ0v) is 21.9. The predicted molar refractivity (Wildman–Crippen MR) is 139 cm³/mol. The second-order valence-electron chi connectivity index (χ2n) is 10.1. The Labute approximate surface area is 236 Å². The fourth-order valence-corrected chi connectivity index (χ4v) is 4.74. The van der Waals surface area contributed by atoms with Crippen molar-refractivity contribution >= 4 is 11.0 Å². The molecule has 42 heavy (non-hydrogen) atoms. The lowest BCUT2D eigenvalue weighted by atomic mass is 9.98. The van der Waals surface area contributed by atoms with E-state index in [4.69, 9.17) is 23.4 Å². The van der Waals surface area contributed by atoms with Gasteiger partial charge < -0.3 is 69.3 Å². The summed E-state index contributed by atoms with van der Waals surface area (Å²) in [7, 11) is 0. The highest BCUT2D eigenvalue weighted by molar-refractivity contribution is 5.89. The normalized spacial score (nSPS) is 33.5. The van der Waals surface area contributed by atoms with Gasteiger partial charge in [-0.1, -0.05) is 0 Å². The minimum atomic E-state index is -1.88. The van der Waals surface area contributed by atoms with Crippen LogP contribution < -0.4 is 10.2 Å². The van der Waals surface area contributed by atoms with Crippen molar-refractivity contribution in [3.05, 3.63) is 46.6 Å². The zero-order chi connectivity index (χ0) is 30.5. The molecule has 2 fully saturated rings. The van der Waals surface area contributed by atoms with Crippen molar-refractivity contribution in [1.29, 1.82) is 0 Å². The Balaban J connectivity index is 1.38. The van der Waals surface area contributed by atoms with E-state index >= 15 is 0 Å². The second-order valence-corrected chi connectivity index (χ2v) is 10.1. The van der Waals surface area contributed by atoms with E-state index in [9.17, 15) is 50.8 Å². The fourth-order valence-electron chi connectivity index (χ4n) is 4.74. The van der Waals surface area contributed by atoms with E-state index < -0.39 is 90.7 Å². The second kappa shape index (κ2) is 11.6. The third-order valence-corrected chi connectivity index (χ3v) is 7.23. The molecule has 4 unspecified atom stereocenters. The predicted octanol–water partition coefficient (Wildman–Crippen LogP) is -1.39. The van der Waals surface area contributed by atoms with Crippen molar-refractivity contribution < 1.29 is 69.3 Å². The molecule has 0 spiro atoms. The molecule has 15 heteroatoms. The topological polar surface area (TPSA) is 249 Å². The van der Waals surface area contributed by atoms with Crippen LogP contribution in [0.25, 0.3) is 22.3 Å². The van der Waals surface area contributed by atoms with Crippen molar-refractivity contribution in [1.82, 2.24) is 0 Å². The number of aromatic hydroxyl groups is 3. The molecule has 0 bridgehead atoms. The van der Waals surface area contributed by atoms with Crippen LogP contribution in [0, 0.1) is 0 Å². The quantitative estimate of drug-likeness (QED) is 0.149. The number of fused-ring (bicyclic) bond motifs is 1. The minimum absolute atomic E-state index is 0.0180. The molecular weight excluding hydrogens is 564 g/mol. The number of hydrogen-bond donors (Lipinski definition) is 9. The lowest BCUT2D eigenvalue weighted by molar-refractivity contribution is -0.318. The van der Waals surface area contributed by atoms with Crippen LogP contribution in [0.3, 0.4) is 0 Å². The summed E-state index contributed by atoms with van der Waals surface area (Å²) in [6, 6.07) is 7.85. The highest BCUT2D eigenvalue weighted by Gasteiger charge is 2.47. The van der Waals surface area contributed by atoms with Crippen LogP contribution in [0.15, 0.2) is 45.6 Å². The summed E-state index contributed by atoms with van der Waals surface area (Å²) >= 11 is 0. The van der Waals surface area contributed by atoms with Gasteiger partial charge in [0.2, 0.25) is 12.0 Å². The summed E-state index contributed by atoms with van der Waals surface area (Å²) in [6.07, 6.45) is -15.6. The first-order valence-electron chi connectivity index (χ1n) is 12.9. The Hall–Kier alpha value is -3.51. The van der Waals surface area contributed by atoms with Crippen LogP contribution >= 0.6 is 0 Å². The van der Waals surface area contributed by atoms with Crippen molar-refractivity contribution in [3.63, 3.8) is 0 Å². The van der Waals surface area contributed by atoms with Crippen LogP contribution in [0.5, 0.6) is 23.0 Å². The molecule has 10 atom stereocenters. The van der Waals surface area contributed by atoms with Gasteiger partial charge in [0.25, 0.3) is 0 Å². The van der Waals surface area contributed by atoms with Gasteiger partial charge in [0.1, 0.15) is 65.2 Å².